The highest BCUT2D eigenvalue weighted by Crippen LogP contribution is 2.41. The van der Waals surface area contributed by atoms with Crippen molar-refractivity contribution in [1.29, 1.82) is 0 Å². The number of imidazole rings is 1. The fourth-order valence-electron chi connectivity index (χ4n) is 4.55. The zero-order valence-electron chi connectivity index (χ0n) is 16.0. The Hall–Kier alpha value is -3.63. The summed E-state index contributed by atoms with van der Waals surface area (Å²) in [5.74, 6) is 0. The van der Waals surface area contributed by atoms with Crippen molar-refractivity contribution >= 4 is 42.5 Å². The monoisotopic (exact) mass is 404 g/mol. The molecule has 0 amide bonds. The minimum Gasteiger partial charge on any atom is -0.459 e. The standard InChI is InChI=1S/C26H16N2OS/c1-4-10-23-19(6-1)25-18(7-5-11-24(25)30-23)16-12-13-17-15-29-26-27-20-8-2-3-9-21(20)28(26)22(17)14-16/h1-14H,15H2. The molecule has 7 rings (SSSR count). The van der Waals surface area contributed by atoms with E-state index >= 15 is 0 Å². The van der Waals surface area contributed by atoms with Crippen molar-refractivity contribution in [1.82, 2.24) is 9.55 Å². The first-order chi connectivity index (χ1) is 14.9. The largest absolute Gasteiger partial charge is 0.459 e. The van der Waals surface area contributed by atoms with Crippen molar-refractivity contribution in [3.63, 3.8) is 0 Å². The molecule has 6 aromatic rings. The zero-order chi connectivity index (χ0) is 19.7. The molecule has 0 saturated carbocycles. The van der Waals surface area contributed by atoms with E-state index < -0.39 is 0 Å². The topological polar surface area (TPSA) is 27.1 Å². The Morgan fingerprint density at radius 3 is 2.70 bits per heavy atom. The van der Waals surface area contributed by atoms with E-state index in [0.29, 0.717) is 12.6 Å². The summed E-state index contributed by atoms with van der Waals surface area (Å²) in [5, 5.41) is 2.66. The lowest BCUT2D eigenvalue weighted by Crippen LogP contribution is -2.12. The Labute approximate surface area is 176 Å². The maximum Gasteiger partial charge on any atom is 0.302 e. The first-order valence-corrected chi connectivity index (χ1v) is 10.8. The second-order valence-corrected chi connectivity index (χ2v) is 8.71. The fraction of sp³-hybridized carbons (Fsp3) is 0.0385. The first-order valence-electron chi connectivity index (χ1n) is 10.0. The summed E-state index contributed by atoms with van der Waals surface area (Å²) in [5.41, 5.74) is 6.84. The van der Waals surface area contributed by atoms with Gasteiger partial charge in [0.15, 0.2) is 0 Å². The van der Waals surface area contributed by atoms with E-state index in [0.717, 1.165) is 16.7 Å². The molecule has 1 aliphatic rings. The maximum atomic E-state index is 5.95. The molecule has 0 radical (unpaired) electrons. The lowest BCUT2D eigenvalue weighted by molar-refractivity contribution is 0.266. The van der Waals surface area contributed by atoms with Gasteiger partial charge in [0.05, 0.1) is 16.7 Å². The molecule has 0 fully saturated rings. The average Bonchev–Trinajstić information content (AvgIpc) is 3.37. The Morgan fingerprint density at radius 1 is 0.833 bits per heavy atom. The van der Waals surface area contributed by atoms with E-state index in [2.05, 4.69) is 76.3 Å². The van der Waals surface area contributed by atoms with Crippen LogP contribution in [-0.2, 0) is 6.61 Å². The minimum atomic E-state index is 0.546. The van der Waals surface area contributed by atoms with Crippen LogP contribution in [0.1, 0.15) is 5.56 Å². The van der Waals surface area contributed by atoms with Gasteiger partial charge in [-0.1, -0.05) is 54.6 Å². The van der Waals surface area contributed by atoms with Crippen LogP contribution in [0.3, 0.4) is 0 Å². The number of nitrogens with zero attached hydrogens (tertiary/aromatic N) is 2. The summed E-state index contributed by atoms with van der Waals surface area (Å²) in [7, 11) is 0. The van der Waals surface area contributed by atoms with E-state index in [-0.39, 0.29) is 0 Å². The Kier molecular flexibility index (Phi) is 3.21. The summed E-state index contributed by atoms with van der Waals surface area (Å²) in [6.07, 6.45) is 0. The van der Waals surface area contributed by atoms with Gasteiger partial charge in [-0.2, -0.15) is 4.98 Å². The van der Waals surface area contributed by atoms with Gasteiger partial charge in [-0.25, -0.2) is 0 Å². The van der Waals surface area contributed by atoms with Crippen molar-refractivity contribution in [2.75, 3.05) is 0 Å². The number of rotatable bonds is 1. The number of hydrogen-bond donors (Lipinski definition) is 0. The fourth-order valence-corrected chi connectivity index (χ4v) is 5.68. The van der Waals surface area contributed by atoms with E-state index in [1.165, 1.54) is 36.9 Å². The highest BCUT2D eigenvalue weighted by Gasteiger charge is 2.22. The van der Waals surface area contributed by atoms with Gasteiger partial charge < -0.3 is 4.74 Å². The molecule has 3 heterocycles. The summed E-state index contributed by atoms with van der Waals surface area (Å²) in [6.45, 7) is 0.546. The molecule has 0 unspecified atom stereocenters. The second-order valence-electron chi connectivity index (χ2n) is 7.63. The highest BCUT2D eigenvalue weighted by atomic mass is 32.1. The molecule has 30 heavy (non-hydrogen) atoms. The van der Waals surface area contributed by atoms with Crippen molar-refractivity contribution < 1.29 is 4.74 Å². The molecule has 0 atom stereocenters. The molecule has 0 N–H and O–H groups in total. The second kappa shape index (κ2) is 5.94. The van der Waals surface area contributed by atoms with Gasteiger partial charge >= 0.3 is 6.01 Å². The molecule has 0 bridgehead atoms. The van der Waals surface area contributed by atoms with Gasteiger partial charge in [0.1, 0.15) is 6.61 Å². The molecule has 4 aromatic carbocycles. The van der Waals surface area contributed by atoms with Crippen LogP contribution in [0.25, 0.3) is 48.0 Å². The zero-order valence-corrected chi connectivity index (χ0v) is 16.8. The van der Waals surface area contributed by atoms with Crippen molar-refractivity contribution in [3.05, 3.63) is 90.5 Å². The van der Waals surface area contributed by atoms with Gasteiger partial charge in [0, 0.05) is 25.7 Å². The molecule has 0 aliphatic carbocycles. The van der Waals surface area contributed by atoms with E-state index in [9.17, 15) is 0 Å². The number of aromatic nitrogens is 2. The smallest absolute Gasteiger partial charge is 0.302 e. The molecular formula is C26H16N2OS. The predicted octanol–water partition coefficient (Wildman–Crippen LogP) is 6.95. The Bertz CT molecular complexity index is 1610. The van der Waals surface area contributed by atoms with Gasteiger partial charge in [-0.3, -0.25) is 4.57 Å². The lowest BCUT2D eigenvalue weighted by Gasteiger charge is -2.20. The van der Waals surface area contributed by atoms with Crippen LogP contribution >= 0.6 is 11.3 Å². The van der Waals surface area contributed by atoms with Gasteiger partial charge in [-0.15, -0.1) is 11.3 Å². The normalized spacial score (nSPS) is 12.8. The number of benzene rings is 4. The number of thiophene rings is 1. The molecule has 142 valence electrons. The van der Waals surface area contributed by atoms with Crippen LogP contribution in [0.15, 0.2) is 84.9 Å². The number of ether oxygens (including phenoxy) is 1. The predicted molar refractivity (Wildman–Crippen MR) is 124 cm³/mol. The molecular weight excluding hydrogens is 388 g/mol. The maximum absolute atomic E-state index is 5.95. The quantitative estimate of drug-likeness (QED) is 0.296. The number of para-hydroxylation sites is 2. The Balaban J connectivity index is 1.52. The Morgan fingerprint density at radius 2 is 1.70 bits per heavy atom. The minimum absolute atomic E-state index is 0.546. The van der Waals surface area contributed by atoms with Crippen molar-refractivity contribution in [2.24, 2.45) is 0 Å². The van der Waals surface area contributed by atoms with Crippen LogP contribution < -0.4 is 4.74 Å². The summed E-state index contributed by atoms with van der Waals surface area (Å²) in [4.78, 5) is 4.68. The molecule has 0 saturated heterocycles. The van der Waals surface area contributed by atoms with Crippen LogP contribution in [0.2, 0.25) is 0 Å². The summed E-state index contributed by atoms with van der Waals surface area (Å²) in [6, 6.07) is 30.8. The third-order valence-corrected chi connectivity index (χ3v) is 7.06. The van der Waals surface area contributed by atoms with Crippen LogP contribution in [0.4, 0.5) is 0 Å². The van der Waals surface area contributed by atoms with E-state index in [1.807, 2.05) is 29.5 Å². The first kappa shape index (κ1) is 16.2. The van der Waals surface area contributed by atoms with Crippen molar-refractivity contribution in [2.45, 2.75) is 6.61 Å². The summed E-state index contributed by atoms with van der Waals surface area (Å²) < 4.78 is 10.7. The van der Waals surface area contributed by atoms with Crippen LogP contribution in [0.5, 0.6) is 6.01 Å². The average molecular weight is 404 g/mol. The molecule has 4 heteroatoms. The van der Waals surface area contributed by atoms with Gasteiger partial charge in [0.25, 0.3) is 0 Å². The SMILES string of the molecule is c1ccc2c(c1)nc1n2-c2cc(-c3cccc4sc5ccccc5c34)ccc2CO1. The summed E-state index contributed by atoms with van der Waals surface area (Å²) >= 11 is 1.86. The lowest BCUT2D eigenvalue weighted by atomic mass is 9.97. The highest BCUT2D eigenvalue weighted by molar-refractivity contribution is 7.25. The third-order valence-electron chi connectivity index (χ3n) is 5.93. The number of fused-ring (bicyclic) bond motifs is 8. The van der Waals surface area contributed by atoms with Crippen LogP contribution in [0, 0.1) is 0 Å². The van der Waals surface area contributed by atoms with E-state index in [4.69, 9.17) is 4.74 Å². The van der Waals surface area contributed by atoms with Gasteiger partial charge in [-0.05, 0) is 41.5 Å². The van der Waals surface area contributed by atoms with E-state index in [1.54, 1.807) is 0 Å². The number of hydrogen-bond acceptors (Lipinski definition) is 3. The molecule has 1 aliphatic heterocycles. The van der Waals surface area contributed by atoms with Gasteiger partial charge in [0.2, 0.25) is 0 Å². The van der Waals surface area contributed by atoms with Crippen LogP contribution in [-0.4, -0.2) is 9.55 Å². The third kappa shape index (κ3) is 2.17. The molecule has 0 spiro atoms. The van der Waals surface area contributed by atoms with Crippen molar-refractivity contribution in [3.8, 4) is 22.8 Å². The molecule has 2 aromatic heterocycles. The molecule has 3 nitrogen and oxygen atoms in total.